The van der Waals surface area contributed by atoms with Gasteiger partial charge in [-0.05, 0) is 11.4 Å². The predicted molar refractivity (Wildman–Crippen MR) is 41.4 cm³/mol. The van der Waals surface area contributed by atoms with Crippen LogP contribution in [0.1, 0.15) is 13.8 Å². The number of aliphatic hydroxyl groups excluding tert-OH is 1. The first-order valence-corrected chi connectivity index (χ1v) is 3.45. The third kappa shape index (κ3) is 2.77. The number of carbonyl (C=O) groups is 1. The molecule has 0 aliphatic carbocycles. The van der Waals surface area contributed by atoms with Crippen LogP contribution in [-0.4, -0.2) is 28.3 Å². The van der Waals surface area contributed by atoms with Crippen LogP contribution in [-0.2, 0) is 4.79 Å². The van der Waals surface area contributed by atoms with Crippen molar-refractivity contribution in [3.8, 4) is 0 Å². The van der Waals surface area contributed by atoms with Crippen molar-refractivity contribution >= 4 is 5.97 Å². The van der Waals surface area contributed by atoms with Gasteiger partial charge >= 0.3 is 5.97 Å². The minimum Gasteiger partial charge on any atom is -0.481 e. The molecule has 0 saturated heterocycles. The summed E-state index contributed by atoms with van der Waals surface area (Å²) in [6.07, 6.45) is -1.14. The fourth-order valence-electron chi connectivity index (χ4n) is 0.684. The molecule has 68 valence electrons. The molecule has 0 fully saturated rings. The van der Waals surface area contributed by atoms with Crippen LogP contribution in [0.5, 0.6) is 0 Å². The van der Waals surface area contributed by atoms with E-state index in [1.54, 1.807) is 13.8 Å². The molecule has 0 amide bonds. The molecule has 6 heteroatoms. The van der Waals surface area contributed by atoms with Gasteiger partial charge in [0.05, 0.1) is 6.10 Å². The van der Waals surface area contributed by atoms with E-state index in [-0.39, 0.29) is 5.92 Å². The molecule has 2 unspecified atom stereocenters. The van der Waals surface area contributed by atoms with E-state index in [0.29, 0.717) is 0 Å². The molecule has 0 radical (unpaired) electrons. The molecule has 6 nitrogen and oxygen atoms in total. The van der Waals surface area contributed by atoms with Crippen LogP contribution in [0.4, 0.5) is 0 Å². The van der Waals surface area contributed by atoms with E-state index in [2.05, 4.69) is 10.0 Å². The van der Waals surface area contributed by atoms with Crippen LogP contribution < -0.4 is 0 Å². The maximum absolute atomic E-state index is 10.4. The van der Waals surface area contributed by atoms with E-state index < -0.39 is 18.1 Å². The highest BCUT2D eigenvalue weighted by Gasteiger charge is 2.27. The van der Waals surface area contributed by atoms with Gasteiger partial charge in [-0.15, -0.1) is 0 Å². The standard InChI is InChI=1S/C6H11N3O3/c1-3(2)5(10)4(6(11)12)8-9-7/h3-5,10H,1-2H3,(H,11,12). The van der Waals surface area contributed by atoms with Gasteiger partial charge in [-0.25, -0.2) is 0 Å². The second kappa shape index (κ2) is 4.58. The second-order valence-corrected chi connectivity index (χ2v) is 2.72. The van der Waals surface area contributed by atoms with Gasteiger partial charge < -0.3 is 10.2 Å². The van der Waals surface area contributed by atoms with Crippen molar-refractivity contribution < 1.29 is 15.0 Å². The van der Waals surface area contributed by atoms with Crippen molar-refractivity contribution in [3.05, 3.63) is 10.4 Å². The van der Waals surface area contributed by atoms with Gasteiger partial charge in [0.1, 0.15) is 0 Å². The summed E-state index contributed by atoms with van der Waals surface area (Å²) in [6.45, 7) is 3.29. The van der Waals surface area contributed by atoms with Crippen LogP contribution in [0.2, 0.25) is 0 Å². The Hall–Kier alpha value is -1.26. The number of hydrogen-bond donors (Lipinski definition) is 2. The number of nitrogens with zero attached hydrogens (tertiary/aromatic N) is 3. The first kappa shape index (κ1) is 10.7. The Kier molecular flexibility index (Phi) is 4.10. The normalized spacial score (nSPS) is 15.0. The number of azide groups is 1. The highest BCUT2D eigenvalue weighted by Crippen LogP contribution is 2.09. The summed E-state index contributed by atoms with van der Waals surface area (Å²) in [4.78, 5) is 12.8. The number of carboxylic acid groups (broad SMARTS) is 1. The van der Waals surface area contributed by atoms with E-state index in [1.807, 2.05) is 0 Å². The molecule has 2 N–H and O–H groups in total. The van der Waals surface area contributed by atoms with E-state index in [4.69, 9.17) is 10.6 Å². The topological polar surface area (TPSA) is 106 Å². The number of hydrogen-bond acceptors (Lipinski definition) is 3. The minimum absolute atomic E-state index is 0.253. The van der Waals surface area contributed by atoms with Crippen molar-refractivity contribution in [3.63, 3.8) is 0 Å². The summed E-state index contributed by atoms with van der Waals surface area (Å²) in [5.74, 6) is -1.56. The van der Waals surface area contributed by atoms with Crippen LogP contribution >= 0.6 is 0 Å². The lowest BCUT2D eigenvalue weighted by molar-refractivity contribution is -0.141. The Morgan fingerprint density at radius 2 is 2.08 bits per heavy atom. The summed E-state index contributed by atoms with van der Waals surface area (Å²) in [6, 6.07) is -1.39. The average molecular weight is 173 g/mol. The van der Waals surface area contributed by atoms with Gasteiger partial charge in [-0.1, -0.05) is 19.0 Å². The van der Waals surface area contributed by atoms with Crippen molar-refractivity contribution in [1.82, 2.24) is 0 Å². The number of aliphatic hydroxyl groups is 1. The molecule has 2 atom stereocenters. The van der Waals surface area contributed by atoms with E-state index in [9.17, 15) is 9.90 Å². The van der Waals surface area contributed by atoms with Gasteiger partial charge in [0.2, 0.25) is 0 Å². The molecule has 0 aliphatic heterocycles. The third-order valence-electron chi connectivity index (χ3n) is 1.44. The zero-order valence-electron chi connectivity index (χ0n) is 6.88. The molecule has 12 heavy (non-hydrogen) atoms. The maximum atomic E-state index is 10.4. The van der Waals surface area contributed by atoms with Crippen LogP contribution in [0.15, 0.2) is 5.11 Å². The summed E-state index contributed by atoms with van der Waals surface area (Å²) in [7, 11) is 0. The largest absolute Gasteiger partial charge is 0.481 e. The summed E-state index contributed by atoms with van der Waals surface area (Å²) < 4.78 is 0. The lowest BCUT2D eigenvalue weighted by Gasteiger charge is -2.17. The van der Waals surface area contributed by atoms with E-state index >= 15 is 0 Å². The SMILES string of the molecule is CC(C)C(O)C(N=[N+]=[N-])C(=O)O. The molecule has 0 heterocycles. The summed E-state index contributed by atoms with van der Waals surface area (Å²) in [5, 5.41) is 20.7. The minimum atomic E-state index is -1.39. The average Bonchev–Trinajstić information content (AvgIpc) is 1.98. The molecular formula is C6H11N3O3. The van der Waals surface area contributed by atoms with Gasteiger partial charge in [-0.2, -0.15) is 0 Å². The van der Waals surface area contributed by atoms with Gasteiger partial charge in [-0.3, -0.25) is 4.79 Å². The Balaban J connectivity index is 4.50. The lowest BCUT2D eigenvalue weighted by atomic mass is 10.0. The van der Waals surface area contributed by atoms with Crippen molar-refractivity contribution in [2.45, 2.75) is 26.0 Å². The molecular weight excluding hydrogens is 162 g/mol. The Morgan fingerprint density at radius 1 is 1.58 bits per heavy atom. The Labute approximate surface area is 69.4 Å². The van der Waals surface area contributed by atoms with Crippen molar-refractivity contribution in [1.29, 1.82) is 0 Å². The molecule has 0 aromatic rings. The molecule has 0 aromatic carbocycles. The highest BCUT2D eigenvalue weighted by molar-refractivity contribution is 5.74. The fraction of sp³-hybridized carbons (Fsp3) is 0.833. The van der Waals surface area contributed by atoms with Crippen LogP contribution in [0, 0.1) is 5.92 Å². The summed E-state index contributed by atoms with van der Waals surface area (Å²) in [5.41, 5.74) is 8.00. The molecule has 0 rings (SSSR count). The second-order valence-electron chi connectivity index (χ2n) is 2.72. The summed E-state index contributed by atoms with van der Waals surface area (Å²) >= 11 is 0. The van der Waals surface area contributed by atoms with Gasteiger partial charge in [0.25, 0.3) is 0 Å². The van der Waals surface area contributed by atoms with Crippen LogP contribution in [0.3, 0.4) is 0 Å². The third-order valence-corrected chi connectivity index (χ3v) is 1.44. The fourth-order valence-corrected chi connectivity index (χ4v) is 0.684. The maximum Gasteiger partial charge on any atom is 0.315 e. The highest BCUT2D eigenvalue weighted by atomic mass is 16.4. The van der Waals surface area contributed by atoms with Crippen molar-refractivity contribution in [2.75, 3.05) is 0 Å². The van der Waals surface area contributed by atoms with Crippen LogP contribution in [0.25, 0.3) is 10.4 Å². The first-order valence-electron chi connectivity index (χ1n) is 3.45. The first-order chi connectivity index (χ1) is 5.50. The monoisotopic (exact) mass is 173 g/mol. The zero-order chi connectivity index (χ0) is 9.72. The molecule has 0 aromatic heterocycles. The number of aliphatic carboxylic acids is 1. The predicted octanol–water partition coefficient (Wildman–Crippen LogP) is 0.767. The van der Waals surface area contributed by atoms with Gasteiger partial charge in [0, 0.05) is 4.91 Å². The van der Waals surface area contributed by atoms with E-state index in [1.165, 1.54) is 0 Å². The molecule has 0 spiro atoms. The lowest BCUT2D eigenvalue weighted by Crippen LogP contribution is -2.35. The number of rotatable bonds is 4. The van der Waals surface area contributed by atoms with E-state index in [0.717, 1.165) is 0 Å². The smallest absolute Gasteiger partial charge is 0.315 e. The molecule has 0 saturated carbocycles. The Bertz CT molecular complexity index is 208. The quantitative estimate of drug-likeness (QED) is 0.372. The zero-order valence-corrected chi connectivity index (χ0v) is 6.88. The number of carboxylic acids is 1. The Morgan fingerprint density at radius 3 is 2.33 bits per heavy atom. The van der Waals surface area contributed by atoms with Gasteiger partial charge in [0.15, 0.2) is 6.04 Å². The van der Waals surface area contributed by atoms with Crippen molar-refractivity contribution in [2.24, 2.45) is 11.0 Å². The molecule has 0 aliphatic rings. The molecule has 0 bridgehead atoms.